The Hall–Kier alpha value is -0.630. The summed E-state index contributed by atoms with van der Waals surface area (Å²) in [5.41, 5.74) is 9.22. The Morgan fingerprint density at radius 3 is 1.00 bits per heavy atom. The van der Waals surface area contributed by atoms with Gasteiger partial charge in [0.25, 0.3) is 0 Å². The van der Waals surface area contributed by atoms with Gasteiger partial charge in [0, 0.05) is 0 Å². The van der Waals surface area contributed by atoms with Crippen LogP contribution in [0, 0.1) is 0 Å². The largest absolute Gasteiger partial charge is 0.405 e. The molecule has 0 spiro atoms. The van der Waals surface area contributed by atoms with E-state index < -0.39 is 0 Å². The lowest BCUT2D eigenvalue weighted by Crippen LogP contribution is -1.67. The monoisotopic (exact) mass is 122 g/mol. The minimum atomic E-state index is 0. The van der Waals surface area contributed by atoms with Gasteiger partial charge in [-0.1, -0.05) is 13.2 Å². The second-order valence-corrected chi connectivity index (χ2v) is 0.471. The van der Waals surface area contributed by atoms with Crippen molar-refractivity contribution in [3.05, 3.63) is 25.6 Å². The van der Waals surface area contributed by atoms with E-state index in [4.69, 9.17) is 0 Å². The second kappa shape index (κ2) is 54.6. The van der Waals surface area contributed by atoms with E-state index in [0.29, 0.717) is 0 Å². The molecule has 0 aliphatic heterocycles. The third kappa shape index (κ3) is 154. The van der Waals surface area contributed by atoms with Crippen molar-refractivity contribution in [2.45, 2.75) is 0 Å². The van der Waals surface area contributed by atoms with E-state index in [1.807, 2.05) is 0 Å². The molecule has 0 fully saturated rings. The van der Waals surface area contributed by atoms with Crippen LogP contribution in [0.3, 0.4) is 0 Å². The van der Waals surface area contributed by atoms with Gasteiger partial charge in [-0.25, -0.2) is 0 Å². The Kier molecular flexibility index (Phi) is 126. The van der Waals surface area contributed by atoms with Crippen molar-refractivity contribution in [1.82, 2.24) is 0 Å². The molecule has 2 nitrogen and oxygen atoms in total. The first-order valence-electron chi connectivity index (χ1n) is 1.48. The van der Waals surface area contributed by atoms with E-state index in [0.717, 1.165) is 0 Å². The van der Waals surface area contributed by atoms with Gasteiger partial charge >= 0.3 is 0 Å². The molecule has 0 unspecified atom stereocenters. The molecule has 0 bridgehead atoms. The third-order valence-corrected chi connectivity index (χ3v) is 0. The van der Waals surface area contributed by atoms with Gasteiger partial charge in [0.2, 0.25) is 0 Å². The first-order valence-corrected chi connectivity index (χ1v) is 1.48. The topological polar surface area (TPSA) is 52.0 Å². The highest BCUT2D eigenvalue weighted by molar-refractivity contribution is 5.85. The molecular weight excluding hydrogens is 112 g/mol. The summed E-state index contributed by atoms with van der Waals surface area (Å²) in [5, 5.41) is 0. The van der Waals surface area contributed by atoms with Crippen molar-refractivity contribution in [3.8, 4) is 0 Å². The summed E-state index contributed by atoms with van der Waals surface area (Å²) in [6.07, 6.45) is 2.50. The maximum Gasteiger partial charge on any atom is -0.0136 e. The first-order chi connectivity index (χ1) is 2.83. The van der Waals surface area contributed by atoms with E-state index in [1.54, 1.807) is 0 Å². The zero-order valence-electron chi connectivity index (χ0n) is 4.13. The first kappa shape index (κ1) is 16.2. The SMILES string of the molecule is C=CN.C=CN.Cl. The third-order valence-electron chi connectivity index (χ3n) is 0. The summed E-state index contributed by atoms with van der Waals surface area (Å²) in [7, 11) is 0. The maximum absolute atomic E-state index is 4.61. The van der Waals surface area contributed by atoms with E-state index in [-0.39, 0.29) is 12.4 Å². The zero-order chi connectivity index (χ0) is 5.41. The highest BCUT2D eigenvalue weighted by Crippen LogP contribution is 1.14. The van der Waals surface area contributed by atoms with Gasteiger partial charge in [-0.3, -0.25) is 0 Å². The van der Waals surface area contributed by atoms with Crippen molar-refractivity contribution in [2.75, 3.05) is 0 Å². The Morgan fingerprint density at radius 2 is 1.00 bits per heavy atom. The standard InChI is InChI=1S/2C2H5N.ClH/c2*1-2-3;/h2*2H,1,3H2;1H. The van der Waals surface area contributed by atoms with Gasteiger partial charge in [0.1, 0.15) is 0 Å². The molecular formula is C4H11ClN2. The molecule has 0 saturated carbocycles. The van der Waals surface area contributed by atoms with Crippen molar-refractivity contribution in [1.29, 1.82) is 0 Å². The minimum Gasteiger partial charge on any atom is -0.405 e. The molecule has 0 amide bonds. The van der Waals surface area contributed by atoms with Crippen LogP contribution in [-0.2, 0) is 0 Å². The van der Waals surface area contributed by atoms with E-state index in [2.05, 4.69) is 24.6 Å². The zero-order valence-corrected chi connectivity index (χ0v) is 4.95. The smallest absolute Gasteiger partial charge is 0.0136 e. The molecule has 0 heterocycles. The number of nitrogens with two attached hydrogens (primary N) is 2. The summed E-state index contributed by atoms with van der Waals surface area (Å²) in [4.78, 5) is 0. The van der Waals surface area contributed by atoms with E-state index >= 15 is 0 Å². The van der Waals surface area contributed by atoms with Crippen molar-refractivity contribution >= 4 is 12.4 Å². The molecule has 0 aliphatic rings. The average molecular weight is 123 g/mol. The fraction of sp³-hybridized carbons (Fsp3) is 0. The van der Waals surface area contributed by atoms with Crippen LogP contribution in [0.1, 0.15) is 0 Å². The second-order valence-electron chi connectivity index (χ2n) is 0.471. The number of hydrogen-bond acceptors (Lipinski definition) is 2. The molecule has 0 rings (SSSR count). The molecule has 0 aromatic rings. The van der Waals surface area contributed by atoms with Crippen molar-refractivity contribution in [3.63, 3.8) is 0 Å². The van der Waals surface area contributed by atoms with Crippen LogP contribution in [0.2, 0.25) is 0 Å². The fourth-order valence-corrected chi connectivity index (χ4v) is 0. The van der Waals surface area contributed by atoms with Gasteiger partial charge in [0.05, 0.1) is 0 Å². The van der Waals surface area contributed by atoms with Crippen LogP contribution in [0.5, 0.6) is 0 Å². The molecule has 0 atom stereocenters. The molecule has 3 heteroatoms. The van der Waals surface area contributed by atoms with Gasteiger partial charge < -0.3 is 11.5 Å². The highest BCUT2D eigenvalue weighted by atomic mass is 35.5. The number of halogens is 1. The van der Waals surface area contributed by atoms with E-state index in [1.165, 1.54) is 12.4 Å². The predicted octanol–water partition coefficient (Wildman–Crippen LogP) is 0.599. The van der Waals surface area contributed by atoms with Crippen LogP contribution in [0.15, 0.2) is 25.6 Å². The Bertz CT molecular complexity index is 30.7. The van der Waals surface area contributed by atoms with Crippen LogP contribution in [0.25, 0.3) is 0 Å². The van der Waals surface area contributed by atoms with Crippen LogP contribution in [0.4, 0.5) is 0 Å². The van der Waals surface area contributed by atoms with Gasteiger partial charge in [-0.2, -0.15) is 0 Å². The quantitative estimate of drug-likeness (QED) is 0.495. The normalized spacial score (nSPS) is 3.43. The molecule has 44 valence electrons. The lowest BCUT2D eigenvalue weighted by Gasteiger charge is -1.40. The summed E-state index contributed by atoms with van der Waals surface area (Å²) >= 11 is 0. The Balaban J connectivity index is -0.0000000400. The van der Waals surface area contributed by atoms with E-state index in [9.17, 15) is 0 Å². The van der Waals surface area contributed by atoms with Crippen LogP contribution >= 0.6 is 12.4 Å². The highest BCUT2D eigenvalue weighted by Gasteiger charge is 1.09. The number of rotatable bonds is 0. The molecule has 0 aromatic heterocycles. The van der Waals surface area contributed by atoms with Gasteiger partial charge in [0.15, 0.2) is 0 Å². The van der Waals surface area contributed by atoms with Gasteiger partial charge in [-0.15, -0.1) is 12.4 Å². The van der Waals surface area contributed by atoms with Crippen LogP contribution in [-0.4, -0.2) is 0 Å². The Labute approximate surface area is 50.3 Å². The summed E-state index contributed by atoms with van der Waals surface area (Å²) in [6.45, 7) is 6.28. The minimum absolute atomic E-state index is 0. The molecule has 0 radical (unpaired) electrons. The maximum atomic E-state index is 4.61. The predicted molar refractivity (Wildman–Crippen MR) is 36.0 cm³/mol. The lowest BCUT2D eigenvalue weighted by molar-refractivity contribution is 1.64. The molecule has 7 heavy (non-hydrogen) atoms. The fourth-order valence-electron chi connectivity index (χ4n) is 0. The van der Waals surface area contributed by atoms with Gasteiger partial charge in [-0.05, 0) is 12.4 Å². The van der Waals surface area contributed by atoms with Crippen LogP contribution < -0.4 is 11.5 Å². The summed E-state index contributed by atoms with van der Waals surface area (Å²) < 4.78 is 0. The summed E-state index contributed by atoms with van der Waals surface area (Å²) in [5.74, 6) is 0. The molecule has 0 aliphatic carbocycles. The molecule has 0 saturated heterocycles. The molecule has 0 aromatic carbocycles. The molecule has 4 N–H and O–H groups in total. The van der Waals surface area contributed by atoms with Crippen molar-refractivity contribution < 1.29 is 0 Å². The average Bonchev–Trinajstić information content (AvgIpc) is 1.39. The lowest BCUT2D eigenvalue weighted by atomic mass is 11.1. The number of hydrogen-bond donors (Lipinski definition) is 2. The summed E-state index contributed by atoms with van der Waals surface area (Å²) in [6, 6.07) is 0. The Morgan fingerprint density at radius 1 is 1.00 bits per heavy atom. The van der Waals surface area contributed by atoms with Crippen molar-refractivity contribution in [2.24, 2.45) is 11.5 Å².